The number of esters is 2. The van der Waals surface area contributed by atoms with Gasteiger partial charge in [-0.05, 0) is 19.1 Å². The highest BCUT2D eigenvalue weighted by atomic mass is 35.5. The number of rotatable bonds is 4. The van der Waals surface area contributed by atoms with Crippen LogP contribution in [-0.4, -0.2) is 30.2 Å². The summed E-state index contributed by atoms with van der Waals surface area (Å²) in [6.07, 6.45) is 1.17. The van der Waals surface area contributed by atoms with E-state index in [1.807, 2.05) is 0 Å². The normalized spacial score (nSPS) is 10.2. The average molecular weight is 366 g/mol. The first-order chi connectivity index (χ1) is 11.8. The van der Waals surface area contributed by atoms with Gasteiger partial charge in [0.15, 0.2) is 5.69 Å². The molecule has 2 aromatic rings. The maximum Gasteiger partial charge on any atom is 0.357 e. The molecule has 2 rings (SSSR count). The van der Waals surface area contributed by atoms with Crippen LogP contribution in [0.4, 0.5) is 10.1 Å². The van der Waals surface area contributed by atoms with Crippen LogP contribution in [0.2, 0.25) is 5.02 Å². The van der Waals surface area contributed by atoms with E-state index in [-0.39, 0.29) is 39.8 Å². The van der Waals surface area contributed by atoms with Gasteiger partial charge in [0, 0.05) is 6.20 Å². The molecule has 0 fully saturated rings. The van der Waals surface area contributed by atoms with Crippen LogP contribution >= 0.6 is 11.6 Å². The quantitative estimate of drug-likeness (QED) is 0.834. The van der Waals surface area contributed by atoms with Crippen LogP contribution in [0.5, 0.6) is 0 Å². The van der Waals surface area contributed by atoms with Crippen molar-refractivity contribution in [1.82, 2.24) is 4.57 Å². The van der Waals surface area contributed by atoms with E-state index in [0.29, 0.717) is 0 Å². The number of benzene rings is 1. The lowest BCUT2D eigenvalue weighted by Crippen LogP contribution is -2.13. The Bertz CT molecular complexity index is 902. The summed E-state index contributed by atoms with van der Waals surface area (Å²) in [5.74, 6) is -2.46. The fraction of sp³-hybridized carbons (Fsp3) is 0.188. The Labute approximate surface area is 147 Å². The summed E-state index contributed by atoms with van der Waals surface area (Å²) in [6.45, 7) is 1.71. The topological polar surface area (TPSA) is 107 Å². The van der Waals surface area contributed by atoms with Gasteiger partial charge in [0.1, 0.15) is 11.9 Å². The number of nitrogens with two attached hydrogens (primary N) is 1. The van der Waals surface area contributed by atoms with Gasteiger partial charge < -0.3 is 19.8 Å². The first-order valence-electron chi connectivity index (χ1n) is 7.01. The Morgan fingerprint density at radius 1 is 1.40 bits per heavy atom. The van der Waals surface area contributed by atoms with Crippen molar-refractivity contribution in [3.8, 4) is 11.8 Å². The van der Waals surface area contributed by atoms with Gasteiger partial charge in [0.05, 0.1) is 41.2 Å². The van der Waals surface area contributed by atoms with E-state index in [1.54, 1.807) is 13.0 Å². The fourth-order valence-corrected chi connectivity index (χ4v) is 2.42. The van der Waals surface area contributed by atoms with Crippen LogP contribution in [0.15, 0.2) is 18.3 Å². The molecule has 0 aliphatic heterocycles. The molecule has 7 nitrogen and oxygen atoms in total. The molecule has 0 bridgehead atoms. The molecular weight excluding hydrogens is 353 g/mol. The number of nitrogens with zero attached hydrogens (tertiary/aromatic N) is 2. The van der Waals surface area contributed by atoms with Crippen molar-refractivity contribution in [3.63, 3.8) is 0 Å². The van der Waals surface area contributed by atoms with E-state index >= 15 is 0 Å². The van der Waals surface area contributed by atoms with E-state index in [1.165, 1.54) is 6.20 Å². The molecule has 9 heteroatoms. The monoisotopic (exact) mass is 365 g/mol. The Morgan fingerprint density at radius 3 is 2.64 bits per heavy atom. The highest BCUT2D eigenvalue weighted by Gasteiger charge is 2.25. The molecule has 2 N–H and O–H groups in total. The minimum Gasteiger partial charge on any atom is -0.464 e. The number of nitrogen functional groups attached to an aromatic ring is 1. The van der Waals surface area contributed by atoms with E-state index in [0.717, 1.165) is 23.8 Å². The van der Waals surface area contributed by atoms with E-state index < -0.39 is 17.8 Å². The summed E-state index contributed by atoms with van der Waals surface area (Å²) in [5.41, 5.74) is 5.01. The van der Waals surface area contributed by atoms with Crippen molar-refractivity contribution >= 4 is 29.2 Å². The molecule has 0 atom stereocenters. The number of anilines is 1. The number of hydrogen-bond donors (Lipinski definition) is 1. The number of carbonyl (C=O) groups is 2. The number of nitriles is 1. The van der Waals surface area contributed by atoms with Crippen molar-refractivity contribution in [2.24, 2.45) is 0 Å². The van der Waals surface area contributed by atoms with Gasteiger partial charge in [0.2, 0.25) is 0 Å². The van der Waals surface area contributed by atoms with Crippen molar-refractivity contribution in [1.29, 1.82) is 5.26 Å². The van der Waals surface area contributed by atoms with Crippen LogP contribution in [0, 0.1) is 17.1 Å². The van der Waals surface area contributed by atoms with Crippen LogP contribution in [0.25, 0.3) is 5.69 Å². The number of methoxy groups -OCH3 is 1. The van der Waals surface area contributed by atoms with Crippen molar-refractivity contribution in [2.75, 3.05) is 19.5 Å². The molecule has 1 aromatic carbocycles. The van der Waals surface area contributed by atoms with Gasteiger partial charge in [-0.3, -0.25) is 0 Å². The summed E-state index contributed by atoms with van der Waals surface area (Å²) < 4.78 is 25.0. The molecule has 0 amide bonds. The summed E-state index contributed by atoms with van der Waals surface area (Å²) >= 11 is 5.89. The fourth-order valence-electron chi connectivity index (χ4n) is 2.19. The average Bonchev–Trinajstić information content (AvgIpc) is 2.90. The van der Waals surface area contributed by atoms with Crippen LogP contribution < -0.4 is 5.73 Å². The zero-order chi connectivity index (χ0) is 18.7. The van der Waals surface area contributed by atoms with E-state index in [4.69, 9.17) is 27.3 Å². The lowest BCUT2D eigenvalue weighted by atomic mass is 10.2. The summed E-state index contributed by atoms with van der Waals surface area (Å²) in [6, 6.07) is 3.82. The van der Waals surface area contributed by atoms with Crippen LogP contribution in [0.3, 0.4) is 0 Å². The predicted molar refractivity (Wildman–Crippen MR) is 87.2 cm³/mol. The lowest BCUT2D eigenvalue weighted by Gasteiger charge is -2.12. The number of ether oxygens (including phenoxy) is 2. The Morgan fingerprint density at radius 2 is 2.08 bits per heavy atom. The third-order valence-corrected chi connectivity index (χ3v) is 3.65. The number of hydrogen-bond acceptors (Lipinski definition) is 6. The minimum atomic E-state index is -0.869. The maximum absolute atomic E-state index is 14.4. The third-order valence-electron chi connectivity index (χ3n) is 3.33. The SMILES string of the molecule is CCOC(=O)c1cc(-n2cc(C#N)c(N)c2C(=O)OC)c(F)cc1Cl. The zero-order valence-corrected chi connectivity index (χ0v) is 14.1. The lowest BCUT2D eigenvalue weighted by molar-refractivity contribution is 0.0525. The van der Waals surface area contributed by atoms with Crippen LogP contribution in [0.1, 0.15) is 33.3 Å². The number of aromatic nitrogens is 1. The molecule has 130 valence electrons. The first kappa shape index (κ1) is 18.3. The molecular formula is C16H13ClFN3O4. The molecule has 1 heterocycles. The second-order valence-corrected chi connectivity index (χ2v) is 5.19. The molecule has 0 aliphatic carbocycles. The highest BCUT2D eigenvalue weighted by molar-refractivity contribution is 6.33. The van der Waals surface area contributed by atoms with Gasteiger partial charge >= 0.3 is 11.9 Å². The van der Waals surface area contributed by atoms with Gasteiger partial charge in [0.25, 0.3) is 0 Å². The second-order valence-electron chi connectivity index (χ2n) is 4.78. The molecule has 0 unspecified atom stereocenters. The second kappa shape index (κ2) is 7.23. The molecule has 0 aliphatic rings. The van der Waals surface area contributed by atoms with E-state index in [9.17, 15) is 14.0 Å². The minimum absolute atomic E-state index is 0.0487. The Kier molecular flexibility index (Phi) is 5.29. The standard InChI is InChI=1S/C16H13ClFN3O4/c1-3-25-15(22)9-4-12(11(18)5-10(9)17)21-7-8(6-19)13(20)14(21)16(23)24-2/h4-5,7H,3,20H2,1-2H3. The number of halogens is 2. The Hall–Kier alpha value is -3.05. The first-order valence-corrected chi connectivity index (χ1v) is 7.39. The summed E-state index contributed by atoms with van der Waals surface area (Å²) in [4.78, 5) is 23.9. The van der Waals surface area contributed by atoms with E-state index in [2.05, 4.69) is 4.74 Å². The maximum atomic E-state index is 14.4. The molecule has 0 spiro atoms. The van der Waals surface area contributed by atoms with Crippen molar-refractivity contribution in [3.05, 3.63) is 46.0 Å². The van der Waals surface area contributed by atoms with Crippen molar-refractivity contribution in [2.45, 2.75) is 6.92 Å². The third kappa shape index (κ3) is 3.27. The zero-order valence-electron chi connectivity index (χ0n) is 13.3. The predicted octanol–water partition coefficient (Wildman–Crippen LogP) is 2.69. The summed E-state index contributed by atoms with van der Waals surface area (Å²) in [5, 5.41) is 8.95. The number of carbonyl (C=O) groups excluding carboxylic acids is 2. The molecule has 0 saturated carbocycles. The van der Waals surface area contributed by atoms with Crippen molar-refractivity contribution < 1.29 is 23.5 Å². The molecule has 25 heavy (non-hydrogen) atoms. The smallest absolute Gasteiger partial charge is 0.357 e. The Balaban J connectivity index is 2.74. The molecule has 0 saturated heterocycles. The van der Waals surface area contributed by atoms with Gasteiger partial charge in [-0.1, -0.05) is 11.6 Å². The molecule has 1 aromatic heterocycles. The van der Waals surface area contributed by atoms with Gasteiger partial charge in [-0.15, -0.1) is 0 Å². The van der Waals surface area contributed by atoms with Gasteiger partial charge in [-0.2, -0.15) is 5.26 Å². The van der Waals surface area contributed by atoms with Crippen LogP contribution in [-0.2, 0) is 9.47 Å². The molecule has 0 radical (unpaired) electrons. The summed E-state index contributed by atoms with van der Waals surface area (Å²) in [7, 11) is 1.12. The largest absolute Gasteiger partial charge is 0.464 e. The van der Waals surface area contributed by atoms with Gasteiger partial charge in [-0.25, -0.2) is 14.0 Å². The highest BCUT2D eigenvalue weighted by Crippen LogP contribution is 2.29.